The van der Waals surface area contributed by atoms with Crippen LogP contribution >= 0.6 is 11.8 Å². The minimum Gasteiger partial charge on any atom is -0.490 e. The van der Waals surface area contributed by atoms with Gasteiger partial charge in [-0.3, -0.25) is 14.9 Å². The summed E-state index contributed by atoms with van der Waals surface area (Å²) < 4.78 is 4.90. The molecule has 0 amide bonds. The highest BCUT2D eigenvalue weighted by atomic mass is 32.2. The van der Waals surface area contributed by atoms with Crippen molar-refractivity contribution in [1.82, 2.24) is 0 Å². The van der Waals surface area contributed by atoms with Crippen molar-refractivity contribution in [3.05, 3.63) is 28.3 Å². The summed E-state index contributed by atoms with van der Waals surface area (Å²) in [5.74, 6) is -0.470. The zero-order chi connectivity index (χ0) is 12.8. The molecule has 0 saturated heterocycles. The van der Waals surface area contributed by atoms with Crippen LogP contribution in [0.25, 0.3) is 0 Å². The second-order valence-corrected chi connectivity index (χ2v) is 4.19. The Labute approximate surface area is 102 Å². The Balaban J connectivity index is 2.90. The number of para-hydroxylation sites is 1. The Bertz CT molecular complexity index is 435. The third kappa shape index (κ3) is 3.63. The van der Waals surface area contributed by atoms with Crippen molar-refractivity contribution in [2.75, 3.05) is 12.9 Å². The summed E-state index contributed by atoms with van der Waals surface area (Å²) in [6, 6.07) is 4.71. The summed E-state index contributed by atoms with van der Waals surface area (Å²) in [5.41, 5.74) is -0.120. The van der Waals surface area contributed by atoms with Crippen molar-refractivity contribution in [2.45, 2.75) is 11.3 Å². The molecule has 0 heterocycles. The van der Waals surface area contributed by atoms with Crippen LogP contribution in [0.4, 0.5) is 5.69 Å². The molecule has 0 bridgehead atoms. The first kappa shape index (κ1) is 13.3. The van der Waals surface area contributed by atoms with E-state index in [1.165, 1.54) is 13.2 Å². The first-order valence-corrected chi connectivity index (χ1v) is 5.70. The molecule has 92 valence electrons. The van der Waals surface area contributed by atoms with Crippen molar-refractivity contribution in [1.29, 1.82) is 0 Å². The zero-order valence-corrected chi connectivity index (χ0v) is 9.90. The fourth-order valence-corrected chi connectivity index (χ4v) is 2.19. The van der Waals surface area contributed by atoms with Gasteiger partial charge in [0.1, 0.15) is 0 Å². The summed E-state index contributed by atoms with van der Waals surface area (Å²) >= 11 is 1.13. The van der Waals surface area contributed by atoms with Crippen LogP contribution in [0.3, 0.4) is 0 Å². The van der Waals surface area contributed by atoms with Gasteiger partial charge in [-0.2, -0.15) is 0 Å². The maximum atomic E-state index is 10.9. The number of hydrogen-bond acceptors (Lipinski definition) is 5. The van der Waals surface area contributed by atoms with Gasteiger partial charge in [-0.15, -0.1) is 11.8 Å². The fourth-order valence-electron chi connectivity index (χ4n) is 1.21. The van der Waals surface area contributed by atoms with Crippen molar-refractivity contribution in [3.8, 4) is 5.75 Å². The number of ether oxygens (including phenoxy) is 1. The van der Waals surface area contributed by atoms with Crippen molar-refractivity contribution < 1.29 is 19.6 Å². The van der Waals surface area contributed by atoms with E-state index in [1.54, 1.807) is 12.1 Å². The molecule has 6 nitrogen and oxygen atoms in total. The van der Waals surface area contributed by atoms with Crippen LogP contribution in [0.15, 0.2) is 23.1 Å². The lowest BCUT2D eigenvalue weighted by molar-refractivity contribution is -0.388. The maximum absolute atomic E-state index is 10.9. The number of rotatable bonds is 6. The van der Waals surface area contributed by atoms with E-state index in [4.69, 9.17) is 9.84 Å². The zero-order valence-electron chi connectivity index (χ0n) is 9.08. The number of carbonyl (C=O) groups is 1. The van der Waals surface area contributed by atoms with Crippen molar-refractivity contribution in [2.24, 2.45) is 0 Å². The molecule has 0 saturated carbocycles. The van der Waals surface area contributed by atoms with E-state index in [0.717, 1.165) is 11.8 Å². The molecule has 0 aliphatic rings. The lowest BCUT2D eigenvalue weighted by atomic mass is 10.3. The molecule has 1 rings (SSSR count). The van der Waals surface area contributed by atoms with Crippen LogP contribution < -0.4 is 4.74 Å². The second-order valence-electron chi connectivity index (χ2n) is 3.06. The smallest absolute Gasteiger partial charge is 0.324 e. The SMILES string of the molecule is COc1cccc(SCCC(=O)O)c1[N+](=O)[O-]. The van der Waals surface area contributed by atoms with Crippen LogP contribution in [0.1, 0.15) is 6.42 Å². The van der Waals surface area contributed by atoms with Gasteiger partial charge in [0.05, 0.1) is 23.3 Å². The van der Waals surface area contributed by atoms with E-state index in [-0.39, 0.29) is 23.6 Å². The van der Waals surface area contributed by atoms with Gasteiger partial charge in [-0.1, -0.05) is 6.07 Å². The molecule has 0 aliphatic heterocycles. The number of carboxylic acids is 1. The molecule has 1 aromatic rings. The first-order chi connectivity index (χ1) is 8.06. The molecule has 1 N–H and O–H groups in total. The quantitative estimate of drug-likeness (QED) is 0.477. The summed E-state index contributed by atoms with van der Waals surface area (Å²) in [6.45, 7) is 0. The average Bonchev–Trinajstić information content (AvgIpc) is 2.27. The number of benzene rings is 1. The van der Waals surface area contributed by atoms with Gasteiger partial charge >= 0.3 is 11.7 Å². The van der Waals surface area contributed by atoms with Gasteiger partial charge in [0.2, 0.25) is 0 Å². The number of nitrogens with zero attached hydrogens (tertiary/aromatic N) is 1. The van der Waals surface area contributed by atoms with Gasteiger partial charge in [-0.05, 0) is 12.1 Å². The summed E-state index contributed by atoms with van der Waals surface area (Å²) in [4.78, 5) is 21.1. The Hall–Kier alpha value is -1.76. The lowest BCUT2D eigenvalue weighted by Crippen LogP contribution is -1.98. The lowest BCUT2D eigenvalue weighted by Gasteiger charge is -2.05. The molecular formula is C10H11NO5S. The number of methoxy groups -OCH3 is 1. The Morgan fingerprint density at radius 3 is 2.82 bits per heavy atom. The second kappa shape index (κ2) is 6.09. The molecule has 1 aromatic carbocycles. The van der Waals surface area contributed by atoms with Gasteiger partial charge in [0.15, 0.2) is 5.75 Å². The van der Waals surface area contributed by atoms with Crippen LogP contribution in [-0.4, -0.2) is 28.9 Å². The van der Waals surface area contributed by atoms with E-state index in [9.17, 15) is 14.9 Å². The minimum atomic E-state index is -0.928. The Morgan fingerprint density at radius 1 is 1.59 bits per heavy atom. The highest BCUT2D eigenvalue weighted by Crippen LogP contribution is 2.37. The van der Waals surface area contributed by atoms with Crippen molar-refractivity contribution in [3.63, 3.8) is 0 Å². The summed E-state index contributed by atoms with van der Waals surface area (Å²) in [5, 5.41) is 19.4. The topological polar surface area (TPSA) is 89.7 Å². The molecule has 7 heteroatoms. The standard InChI is InChI=1S/C10H11NO5S/c1-16-7-3-2-4-8(10(7)11(14)15)17-6-5-9(12)13/h2-4H,5-6H2,1H3,(H,12,13). The number of thioether (sulfide) groups is 1. The molecule has 0 fully saturated rings. The van der Waals surface area contributed by atoms with Crippen molar-refractivity contribution >= 4 is 23.4 Å². The monoisotopic (exact) mass is 257 g/mol. The van der Waals surface area contributed by atoms with E-state index < -0.39 is 10.9 Å². The fraction of sp³-hybridized carbons (Fsp3) is 0.300. The highest BCUT2D eigenvalue weighted by Gasteiger charge is 2.20. The van der Waals surface area contributed by atoms with Gasteiger partial charge in [0, 0.05) is 5.75 Å². The number of carboxylic acid groups (broad SMARTS) is 1. The average molecular weight is 257 g/mol. The number of nitro benzene ring substituents is 1. The molecule has 0 unspecified atom stereocenters. The third-order valence-corrected chi connectivity index (χ3v) is 2.99. The van der Waals surface area contributed by atoms with E-state index in [0.29, 0.717) is 4.90 Å². The predicted molar refractivity (Wildman–Crippen MR) is 62.6 cm³/mol. The Kier molecular flexibility index (Phi) is 4.77. The molecule has 0 radical (unpaired) electrons. The Morgan fingerprint density at radius 2 is 2.29 bits per heavy atom. The number of hydrogen-bond donors (Lipinski definition) is 1. The normalized spacial score (nSPS) is 9.94. The van der Waals surface area contributed by atoms with Gasteiger partial charge in [-0.25, -0.2) is 0 Å². The first-order valence-electron chi connectivity index (χ1n) is 4.72. The van der Waals surface area contributed by atoms with Gasteiger partial charge < -0.3 is 9.84 Å². The van der Waals surface area contributed by atoms with Crippen LogP contribution in [0.5, 0.6) is 5.75 Å². The summed E-state index contributed by atoms with van der Waals surface area (Å²) in [6.07, 6.45) is -0.0426. The minimum absolute atomic E-state index is 0.0426. The molecule has 0 aromatic heterocycles. The highest BCUT2D eigenvalue weighted by molar-refractivity contribution is 7.99. The molecule has 17 heavy (non-hydrogen) atoms. The van der Waals surface area contributed by atoms with Crippen LogP contribution in [0, 0.1) is 10.1 Å². The van der Waals surface area contributed by atoms with E-state index in [1.807, 2.05) is 0 Å². The third-order valence-electron chi connectivity index (χ3n) is 1.94. The molecule has 0 spiro atoms. The number of nitro groups is 1. The largest absolute Gasteiger partial charge is 0.490 e. The van der Waals surface area contributed by atoms with Crippen LogP contribution in [0.2, 0.25) is 0 Å². The maximum Gasteiger partial charge on any atom is 0.324 e. The molecule has 0 aliphatic carbocycles. The number of aliphatic carboxylic acids is 1. The predicted octanol–water partition coefficient (Wildman–Crippen LogP) is 2.17. The van der Waals surface area contributed by atoms with E-state index in [2.05, 4.69) is 0 Å². The van der Waals surface area contributed by atoms with Crippen LogP contribution in [-0.2, 0) is 4.79 Å². The molecule has 0 atom stereocenters. The van der Waals surface area contributed by atoms with Gasteiger partial charge in [0.25, 0.3) is 0 Å². The van der Waals surface area contributed by atoms with E-state index >= 15 is 0 Å². The summed E-state index contributed by atoms with van der Waals surface area (Å²) in [7, 11) is 1.36. The molecular weight excluding hydrogens is 246 g/mol.